The van der Waals surface area contributed by atoms with Crippen LogP contribution < -0.4 is 4.74 Å². The highest BCUT2D eigenvalue weighted by Crippen LogP contribution is 2.20. The van der Waals surface area contributed by atoms with E-state index in [4.69, 9.17) is 9.15 Å². The van der Waals surface area contributed by atoms with Gasteiger partial charge in [0.15, 0.2) is 0 Å². The van der Waals surface area contributed by atoms with Crippen LogP contribution in [0.5, 0.6) is 5.75 Å². The molecule has 0 spiro atoms. The lowest BCUT2D eigenvalue weighted by atomic mass is 10.2. The molecule has 0 radical (unpaired) electrons. The average Bonchev–Trinajstić information content (AvgIpc) is 3.03. The van der Waals surface area contributed by atoms with Gasteiger partial charge in [-0.2, -0.15) is 0 Å². The first kappa shape index (κ1) is 14.0. The number of rotatable bonds is 5. The van der Waals surface area contributed by atoms with Crippen molar-refractivity contribution < 1.29 is 18.3 Å². The molecule has 2 aromatic carbocycles. The standard InChI is InChI=1S/C17H12FNO3/c18-14-6-4-13(5-7-14)17-19-15(11-22-17)10-21-16-3-1-2-12(8-16)9-20/h1-9,11H,10H2. The number of aromatic nitrogens is 1. The van der Waals surface area contributed by atoms with Gasteiger partial charge in [-0.15, -0.1) is 0 Å². The average molecular weight is 297 g/mol. The molecule has 0 aliphatic carbocycles. The van der Waals surface area contributed by atoms with Crippen molar-refractivity contribution in [2.75, 3.05) is 0 Å². The maximum Gasteiger partial charge on any atom is 0.226 e. The number of hydrogen-bond acceptors (Lipinski definition) is 4. The van der Waals surface area contributed by atoms with Gasteiger partial charge in [-0.05, 0) is 36.4 Å². The molecular weight excluding hydrogens is 285 g/mol. The second-order valence-electron chi connectivity index (χ2n) is 4.63. The summed E-state index contributed by atoms with van der Waals surface area (Å²) in [6.07, 6.45) is 2.25. The minimum absolute atomic E-state index is 0.215. The molecule has 0 aliphatic rings. The summed E-state index contributed by atoms with van der Waals surface area (Å²) in [7, 11) is 0. The predicted octanol–water partition coefficient (Wildman–Crippen LogP) is 3.87. The molecule has 1 heterocycles. The number of oxazole rings is 1. The summed E-state index contributed by atoms with van der Waals surface area (Å²) >= 11 is 0. The highest BCUT2D eigenvalue weighted by Gasteiger charge is 2.07. The largest absolute Gasteiger partial charge is 0.487 e. The van der Waals surface area contributed by atoms with E-state index in [1.165, 1.54) is 18.4 Å². The van der Waals surface area contributed by atoms with Crippen LogP contribution in [0.2, 0.25) is 0 Å². The van der Waals surface area contributed by atoms with Crippen LogP contribution in [-0.2, 0) is 6.61 Å². The smallest absolute Gasteiger partial charge is 0.226 e. The number of carbonyl (C=O) groups is 1. The lowest BCUT2D eigenvalue weighted by molar-refractivity contribution is 0.112. The first-order valence-corrected chi connectivity index (χ1v) is 6.63. The zero-order chi connectivity index (χ0) is 15.4. The van der Waals surface area contributed by atoms with E-state index in [9.17, 15) is 9.18 Å². The molecule has 110 valence electrons. The van der Waals surface area contributed by atoms with E-state index in [2.05, 4.69) is 4.98 Å². The summed E-state index contributed by atoms with van der Waals surface area (Å²) in [4.78, 5) is 15.0. The number of halogens is 1. The third-order valence-corrected chi connectivity index (χ3v) is 3.02. The quantitative estimate of drug-likeness (QED) is 0.671. The Morgan fingerprint density at radius 3 is 2.77 bits per heavy atom. The Balaban J connectivity index is 1.69. The van der Waals surface area contributed by atoms with Gasteiger partial charge in [0.05, 0.1) is 0 Å². The molecular formula is C17H12FNO3. The number of carbonyl (C=O) groups excluding carboxylic acids is 1. The number of hydrogen-bond donors (Lipinski definition) is 0. The van der Waals surface area contributed by atoms with Gasteiger partial charge < -0.3 is 9.15 Å². The Morgan fingerprint density at radius 2 is 2.00 bits per heavy atom. The Labute approximate surface area is 126 Å². The van der Waals surface area contributed by atoms with Gasteiger partial charge in [-0.3, -0.25) is 4.79 Å². The van der Waals surface area contributed by atoms with Crippen molar-refractivity contribution in [3.05, 3.63) is 71.9 Å². The SMILES string of the molecule is O=Cc1cccc(OCc2coc(-c3ccc(F)cc3)n2)c1. The van der Waals surface area contributed by atoms with Crippen LogP contribution in [0.15, 0.2) is 59.2 Å². The van der Waals surface area contributed by atoms with E-state index in [1.807, 2.05) is 0 Å². The highest BCUT2D eigenvalue weighted by atomic mass is 19.1. The van der Waals surface area contributed by atoms with Crippen LogP contribution in [0.3, 0.4) is 0 Å². The van der Waals surface area contributed by atoms with Crippen LogP contribution >= 0.6 is 0 Å². The van der Waals surface area contributed by atoms with Gasteiger partial charge in [0, 0.05) is 11.1 Å². The maximum absolute atomic E-state index is 12.9. The number of benzene rings is 2. The Bertz CT molecular complexity index is 781. The lowest BCUT2D eigenvalue weighted by Gasteiger charge is -2.03. The van der Waals surface area contributed by atoms with E-state index in [-0.39, 0.29) is 12.4 Å². The molecule has 0 N–H and O–H groups in total. The minimum Gasteiger partial charge on any atom is -0.487 e. The summed E-state index contributed by atoms with van der Waals surface area (Å²) in [6, 6.07) is 12.7. The molecule has 3 aromatic rings. The third kappa shape index (κ3) is 3.20. The predicted molar refractivity (Wildman–Crippen MR) is 78.1 cm³/mol. The maximum atomic E-state index is 12.9. The fraction of sp³-hybridized carbons (Fsp3) is 0.0588. The van der Waals surface area contributed by atoms with Gasteiger partial charge >= 0.3 is 0 Å². The Kier molecular flexibility index (Phi) is 3.96. The van der Waals surface area contributed by atoms with E-state index >= 15 is 0 Å². The van der Waals surface area contributed by atoms with E-state index in [0.717, 1.165) is 6.29 Å². The van der Waals surface area contributed by atoms with Crippen molar-refractivity contribution in [2.45, 2.75) is 6.61 Å². The van der Waals surface area contributed by atoms with E-state index < -0.39 is 0 Å². The van der Waals surface area contributed by atoms with Crippen molar-refractivity contribution >= 4 is 6.29 Å². The zero-order valence-electron chi connectivity index (χ0n) is 11.5. The molecule has 5 heteroatoms. The summed E-state index contributed by atoms with van der Waals surface area (Å²) in [6.45, 7) is 0.215. The van der Waals surface area contributed by atoms with Gasteiger partial charge in [-0.1, -0.05) is 12.1 Å². The summed E-state index contributed by atoms with van der Waals surface area (Å²) in [5, 5.41) is 0. The zero-order valence-corrected chi connectivity index (χ0v) is 11.5. The first-order chi connectivity index (χ1) is 10.7. The van der Waals surface area contributed by atoms with Crippen LogP contribution in [-0.4, -0.2) is 11.3 Å². The third-order valence-electron chi connectivity index (χ3n) is 3.02. The van der Waals surface area contributed by atoms with E-state index in [1.54, 1.807) is 36.4 Å². The molecule has 0 fully saturated rings. The number of ether oxygens (including phenoxy) is 1. The molecule has 22 heavy (non-hydrogen) atoms. The Hall–Kier alpha value is -2.95. The van der Waals surface area contributed by atoms with Crippen molar-refractivity contribution in [1.82, 2.24) is 4.98 Å². The molecule has 1 aromatic heterocycles. The normalized spacial score (nSPS) is 10.4. The summed E-state index contributed by atoms with van der Waals surface area (Å²) in [5.74, 6) is 0.671. The monoisotopic (exact) mass is 297 g/mol. The molecule has 4 nitrogen and oxygen atoms in total. The molecule has 0 saturated heterocycles. The minimum atomic E-state index is -0.311. The lowest BCUT2D eigenvalue weighted by Crippen LogP contribution is -1.96. The molecule has 0 saturated carbocycles. The second kappa shape index (κ2) is 6.22. The van der Waals surface area contributed by atoms with Crippen molar-refractivity contribution in [3.63, 3.8) is 0 Å². The molecule has 0 unspecified atom stereocenters. The summed E-state index contributed by atoms with van der Waals surface area (Å²) < 4.78 is 23.8. The fourth-order valence-electron chi connectivity index (χ4n) is 1.93. The molecule has 0 amide bonds. The van der Waals surface area contributed by atoms with Gasteiger partial charge in [0.25, 0.3) is 0 Å². The van der Waals surface area contributed by atoms with Crippen LogP contribution in [0.25, 0.3) is 11.5 Å². The van der Waals surface area contributed by atoms with Crippen LogP contribution in [0.4, 0.5) is 4.39 Å². The second-order valence-corrected chi connectivity index (χ2v) is 4.63. The highest BCUT2D eigenvalue weighted by molar-refractivity contribution is 5.75. The number of aldehydes is 1. The van der Waals surface area contributed by atoms with Crippen molar-refractivity contribution in [3.8, 4) is 17.2 Å². The van der Waals surface area contributed by atoms with Crippen LogP contribution in [0.1, 0.15) is 16.1 Å². The van der Waals surface area contributed by atoms with E-state index in [0.29, 0.717) is 28.5 Å². The van der Waals surface area contributed by atoms with Gasteiger partial charge in [0.1, 0.15) is 36.4 Å². The first-order valence-electron chi connectivity index (χ1n) is 6.63. The topological polar surface area (TPSA) is 52.3 Å². The molecule has 0 bridgehead atoms. The summed E-state index contributed by atoms with van der Waals surface area (Å²) in [5.41, 5.74) is 1.84. The molecule has 0 atom stereocenters. The van der Waals surface area contributed by atoms with Crippen molar-refractivity contribution in [2.24, 2.45) is 0 Å². The fourth-order valence-corrected chi connectivity index (χ4v) is 1.93. The van der Waals surface area contributed by atoms with Crippen molar-refractivity contribution in [1.29, 1.82) is 0 Å². The molecule has 0 aliphatic heterocycles. The van der Waals surface area contributed by atoms with Gasteiger partial charge in [0.2, 0.25) is 5.89 Å². The van der Waals surface area contributed by atoms with Crippen LogP contribution in [0, 0.1) is 5.82 Å². The Morgan fingerprint density at radius 1 is 1.18 bits per heavy atom. The number of nitrogens with zero attached hydrogens (tertiary/aromatic N) is 1. The molecule has 3 rings (SSSR count). The van der Waals surface area contributed by atoms with Gasteiger partial charge in [-0.25, -0.2) is 9.37 Å².